The molecule has 144 valence electrons. The fraction of sp³-hybridized carbons (Fsp3) is 0.412. The number of aromatic nitrogens is 2. The van der Waals surface area contributed by atoms with Crippen LogP contribution in [0.4, 0.5) is 16.5 Å². The Morgan fingerprint density at radius 3 is 2.81 bits per heavy atom. The monoisotopic (exact) mass is 437 g/mol. The van der Waals surface area contributed by atoms with Gasteiger partial charge in [-0.15, -0.1) is 5.10 Å². The minimum atomic E-state index is -0.431. The lowest BCUT2D eigenvalue weighted by Crippen LogP contribution is -2.46. The molecular formula is C17H20BrN5O4. The first kappa shape index (κ1) is 19.2. The summed E-state index contributed by atoms with van der Waals surface area (Å²) in [4.78, 5) is 25.6. The lowest BCUT2D eigenvalue weighted by molar-refractivity contribution is 0.0836. The number of nitrogens with zero attached hydrogens (tertiary/aromatic N) is 3. The average molecular weight is 438 g/mol. The van der Waals surface area contributed by atoms with Gasteiger partial charge in [-0.1, -0.05) is 27.1 Å². The number of carbonyl (C=O) groups is 2. The highest BCUT2D eigenvalue weighted by Gasteiger charge is 2.26. The van der Waals surface area contributed by atoms with Crippen LogP contribution in [0.15, 0.2) is 33.2 Å². The minimum Gasteiger partial charge on any atom is -0.450 e. The molecule has 0 bridgehead atoms. The quantitative estimate of drug-likeness (QED) is 0.739. The maximum atomic E-state index is 12.3. The summed E-state index contributed by atoms with van der Waals surface area (Å²) in [6.45, 7) is 3.19. The lowest BCUT2D eigenvalue weighted by atomic mass is 10.1. The average Bonchev–Trinajstić information content (AvgIpc) is 3.11. The molecule has 1 aromatic carbocycles. The van der Waals surface area contributed by atoms with E-state index >= 15 is 0 Å². The molecule has 2 amide bonds. The van der Waals surface area contributed by atoms with Gasteiger partial charge in [-0.2, -0.15) is 0 Å². The molecule has 2 heterocycles. The second kappa shape index (κ2) is 8.85. The van der Waals surface area contributed by atoms with Gasteiger partial charge in [0.1, 0.15) is 0 Å². The van der Waals surface area contributed by atoms with Crippen LogP contribution < -0.4 is 10.6 Å². The van der Waals surface area contributed by atoms with Gasteiger partial charge in [-0.25, -0.2) is 4.79 Å². The van der Waals surface area contributed by atoms with Crippen LogP contribution in [0, 0.1) is 0 Å². The van der Waals surface area contributed by atoms with Gasteiger partial charge in [0.25, 0.3) is 0 Å². The van der Waals surface area contributed by atoms with Gasteiger partial charge >= 0.3 is 23.9 Å². The Kier molecular flexibility index (Phi) is 6.28. The third-order valence-electron chi connectivity index (χ3n) is 4.05. The van der Waals surface area contributed by atoms with Crippen molar-refractivity contribution in [2.24, 2.45) is 0 Å². The van der Waals surface area contributed by atoms with E-state index < -0.39 is 5.91 Å². The Hall–Kier alpha value is -2.62. The molecule has 3 rings (SSSR count). The van der Waals surface area contributed by atoms with E-state index in [-0.39, 0.29) is 24.0 Å². The molecule has 0 radical (unpaired) electrons. The lowest BCUT2D eigenvalue weighted by Gasteiger charge is -2.31. The Labute approximate surface area is 164 Å². The van der Waals surface area contributed by atoms with E-state index in [1.165, 1.54) is 0 Å². The Balaban J connectivity index is 1.51. The second-order valence-corrected chi connectivity index (χ2v) is 6.90. The van der Waals surface area contributed by atoms with Crippen LogP contribution in [0.3, 0.4) is 0 Å². The Bertz CT molecular complexity index is 804. The number of hydrogen-bond donors (Lipinski definition) is 2. The molecule has 1 aliphatic rings. The molecule has 2 N–H and O–H groups in total. The van der Waals surface area contributed by atoms with Crippen LogP contribution in [0.1, 0.15) is 30.5 Å². The number of ether oxygens (including phenoxy) is 1. The Morgan fingerprint density at radius 1 is 1.33 bits per heavy atom. The fourth-order valence-electron chi connectivity index (χ4n) is 2.72. The number of carbonyl (C=O) groups excluding carboxylic acids is 2. The van der Waals surface area contributed by atoms with Crippen LogP contribution in [0.2, 0.25) is 0 Å². The first-order chi connectivity index (χ1) is 13.0. The van der Waals surface area contributed by atoms with Crippen molar-refractivity contribution in [2.75, 3.05) is 25.0 Å². The van der Waals surface area contributed by atoms with Crippen LogP contribution in [0.5, 0.6) is 0 Å². The zero-order chi connectivity index (χ0) is 19.2. The van der Waals surface area contributed by atoms with Gasteiger partial charge in [0.15, 0.2) is 0 Å². The summed E-state index contributed by atoms with van der Waals surface area (Å²) in [7, 11) is 0. The maximum Gasteiger partial charge on any atom is 0.409 e. The van der Waals surface area contributed by atoms with Crippen molar-refractivity contribution in [2.45, 2.75) is 25.8 Å². The maximum absolute atomic E-state index is 12.3. The van der Waals surface area contributed by atoms with Crippen molar-refractivity contribution >= 4 is 39.6 Å². The van der Waals surface area contributed by atoms with E-state index in [4.69, 9.17) is 9.15 Å². The summed E-state index contributed by atoms with van der Waals surface area (Å²) >= 11 is 3.38. The molecule has 0 saturated carbocycles. The third kappa shape index (κ3) is 5.19. The molecule has 0 unspecified atom stereocenters. The number of hydrogen-bond acceptors (Lipinski definition) is 7. The van der Waals surface area contributed by atoms with E-state index in [0.717, 1.165) is 10.2 Å². The minimum absolute atomic E-state index is 0.0587. The predicted octanol–water partition coefficient (Wildman–Crippen LogP) is 2.93. The van der Waals surface area contributed by atoms with Crippen molar-refractivity contribution in [3.05, 3.63) is 34.6 Å². The fourth-order valence-corrected chi connectivity index (χ4v) is 3.12. The second-order valence-electron chi connectivity index (χ2n) is 5.98. The van der Waals surface area contributed by atoms with E-state index in [1.54, 1.807) is 11.8 Å². The number of halogens is 1. The summed E-state index contributed by atoms with van der Waals surface area (Å²) in [5.74, 6) is -0.542. The van der Waals surface area contributed by atoms with E-state index in [0.29, 0.717) is 32.5 Å². The van der Waals surface area contributed by atoms with Gasteiger partial charge < -0.3 is 24.7 Å². The third-order valence-corrected chi connectivity index (χ3v) is 4.54. The number of nitrogens with one attached hydrogen (secondary N) is 2. The zero-order valence-electron chi connectivity index (χ0n) is 14.8. The van der Waals surface area contributed by atoms with Crippen molar-refractivity contribution in [1.82, 2.24) is 20.4 Å². The topological polar surface area (TPSA) is 110 Å². The summed E-state index contributed by atoms with van der Waals surface area (Å²) < 4.78 is 11.3. The molecule has 1 saturated heterocycles. The SMILES string of the molecule is CCOC(=O)N1CCC(NC(=O)c2nnc(Nc3cccc(Br)c3)o2)CC1. The molecule has 1 aliphatic heterocycles. The van der Waals surface area contributed by atoms with Gasteiger partial charge in [0.05, 0.1) is 6.61 Å². The van der Waals surface area contributed by atoms with Crippen molar-refractivity contribution in [3.8, 4) is 0 Å². The van der Waals surface area contributed by atoms with Crippen LogP contribution in [-0.2, 0) is 4.74 Å². The molecule has 9 nitrogen and oxygen atoms in total. The molecule has 10 heteroatoms. The summed E-state index contributed by atoms with van der Waals surface area (Å²) in [6, 6.07) is 7.52. The largest absolute Gasteiger partial charge is 0.450 e. The number of anilines is 2. The number of piperidine rings is 1. The zero-order valence-corrected chi connectivity index (χ0v) is 16.4. The molecule has 0 spiro atoms. The first-order valence-corrected chi connectivity index (χ1v) is 9.43. The molecule has 0 aliphatic carbocycles. The molecule has 1 fully saturated rings. The van der Waals surface area contributed by atoms with Crippen LogP contribution in [-0.4, -0.2) is 52.8 Å². The smallest absolute Gasteiger partial charge is 0.409 e. The van der Waals surface area contributed by atoms with Crippen LogP contribution >= 0.6 is 15.9 Å². The predicted molar refractivity (Wildman–Crippen MR) is 101 cm³/mol. The van der Waals surface area contributed by atoms with Gasteiger partial charge in [-0.3, -0.25) is 4.79 Å². The summed E-state index contributed by atoms with van der Waals surface area (Å²) in [5.41, 5.74) is 0.756. The molecule has 2 aromatic rings. The Morgan fingerprint density at radius 2 is 2.11 bits per heavy atom. The first-order valence-electron chi connectivity index (χ1n) is 8.64. The summed E-state index contributed by atoms with van der Waals surface area (Å²) in [5, 5.41) is 13.4. The molecule has 27 heavy (non-hydrogen) atoms. The highest BCUT2D eigenvalue weighted by molar-refractivity contribution is 9.10. The summed E-state index contributed by atoms with van der Waals surface area (Å²) in [6.07, 6.45) is 0.964. The van der Waals surface area contributed by atoms with E-state index in [1.807, 2.05) is 24.3 Å². The van der Waals surface area contributed by atoms with Gasteiger partial charge in [-0.05, 0) is 38.0 Å². The number of likely N-dealkylation sites (tertiary alicyclic amines) is 1. The van der Waals surface area contributed by atoms with Crippen molar-refractivity contribution in [3.63, 3.8) is 0 Å². The normalized spacial score (nSPS) is 14.7. The van der Waals surface area contributed by atoms with Crippen molar-refractivity contribution in [1.29, 1.82) is 0 Å². The molecular weight excluding hydrogens is 418 g/mol. The highest BCUT2D eigenvalue weighted by Crippen LogP contribution is 2.20. The highest BCUT2D eigenvalue weighted by atomic mass is 79.9. The molecule has 1 aromatic heterocycles. The van der Waals surface area contributed by atoms with Gasteiger partial charge in [0, 0.05) is 29.3 Å². The van der Waals surface area contributed by atoms with Crippen LogP contribution in [0.25, 0.3) is 0 Å². The van der Waals surface area contributed by atoms with Gasteiger partial charge in [0.2, 0.25) is 0 Å². The number of benzene rings is 1. The number of rotatable bonds is 5. The van der Waals surface area contributed by atoms with E-state index in [9.17, 15) is 9.59 Å². The number of amides is 2. The standard InChI is InChI=1S/C17H20BrN5O4/c1-2-26-17(25)23-8-6-12(7-9-23)19-14(24)15-21-22-16(27-15)20-13-5-3-4-11(18)10-13/h3-5,10,12H,2,6-9H2,1H3,(H,19,24)(H,20,22). The van der Waals surface area contributed by atoms with E-state index in [2.05, 4.69) is 36.8 Å². The molecule has 0 atom stereocenters. The van der Waals surface area contributed by atoms with Crippen molar-refractivity contribution < 1.29 is 18.7 Å².